The molecule has 2 heterocycles. The SMILES string of the molecule is O=C(C1CCN(S(=O)(=O)c2ccc(Cl)cc2)CC1)N(Cc1ccccc1)c1nc2ccc(F)cc2s1. The number of benzene rings is 3. The highest BCUT2D eigenvalue weighted by atomic mass is 35.5. The number of amides is 1. The number of hydrogen-bond donors (Lipinski definition) is 0. The number of rotatable bonds is 6. The number of sulfonamides is 1. The Morgan fingerprint density at radius 1 is 1.06 bits per heavy atom. The number of thiazole rings is 1. The van der Waals surface area contributed by atoms with Crippen LogP contribution in [0, 0.1) is 11.7 Å². The lowest BCUT2D eigenvalue weighted by Gasteiger charge is -2.33. The lowest BCUT2D eigenvalue weighted by Crippen LogP contribution is -2.44. The van der Waals surface area contributed by atoms with Gasteiger partial charge in [-0.15, -0.1) is 0 Å². The Balaban J connectivity index is 1.37. The predicted molar refractivity (Wildman–Crippen MR) is 140 cm³/mol. The van der Waals surface area contributed by atoms with Crippen molar-refractivity contribution in [3.63, 3.8) is 0 Å². The molecule has 1 saturated heterocycles. The summed E-state index contributed by atoms with van der Waals surface area (Å²) < 4.78 is 41.9. The molecule has 3 aromatic carbocycles. The smallest absolute Gasteiger partial charge is 0.243 e. The molecule has 0 radical (unpaired) electrons. The molecule has 6 nitrogen and oxygen atoms in total. The van der Waals surface area contributed by atoms with Gasteiger partial charge < -0.3 is 0 Å². The molecule has 0 N–H and O–H groups in total. The van der Waals surface area contributed by atoms with Gasteiger partial charge in [0.2, 0.25) is 15.9 Å². The first-order chi connectivity index (χ1) is 17.3. The average Bonchev–Trinajstić information content (AvgIpc) is 3.31. The summed E-state index contributed by atoms with van der Waals surface area (Å²) in [5.41, 5.74) is 1.57. The van der Waals surface area contributed by atoms with E-state index in [2.05, 4.69) is 4.98 Å². The van der Waals surface area contributed by atoms with E-state index in [0.29, 0.717) is 39.8 Å². The van der Waals surface area contributed by atoms with Crippen molar-refractivity contribution in [2.45, 2.75) is 24.3 Å². The van der Waals surface area contributed by atoms with Crippen LogP contribution in [0.25, 0.3) is 10.2 Å². The third-order valence-electron chi connectivity index (χ3n) is 6.27. The molecule has 1 aliphatic heterocycles. The van der Waals surface area contributed by atoms with Crippen LogP contribution in [0.3, 0.4) is 0 Å². The third-order valence-corrected chi connectivity index (χ3v) is 9.48. The van der Waals surface area contributed by atoms with Gasteiger partial charge in [0.15, 0.2) is 5.13 Å². The molecule has 36 heavy (non-hydrogen) atoms. The predicted octanol–water partition coefficient (Wildman–Crippen LogP) is 5.72. The lowest BCUT2D eigenvalue weighted by atomic mass is 9.96. The highest BCUT2D eigenvalue weighted by molar-refractivity contribution is 7.89. The molecule has 186 valence electrons. The average molecular weight is 544 g/mol. The van der Waals surface area contributed by atoms with Crippen LogP contribution in [-0.4, -0.2) is 36.7 Å². The molecule has 1 amide bonds. The van der Waals surface area contributed by atoms with Crippen molar-refractivity contribution in [2.75, 3.05) is 18.0 Å². The van der Waals surface area contributed by atoms with Gasteiger partial charge in [-0.2, -0.15) is 4.31 Å². The van der Waals surface area contributed by atoms with Crippen LogP contribution >= 0.6 is 22.9 Å². The Morgan fingerprint density at radius 2 is 1.75 bits per heavy atom. The van der Waals surface area contributed by atoms with Crippen molar-refractivity contribution in [1.82, 2.24) is 9.29 Å². The molecular formula is C26H23ClFN3O3S2. The first-order valence-electron chi connectivity index (χ1n) is 11.5. The quantitative estimate of drug-likeness (QED) is 0.312. The van der Waals surface area contributed by atoms with Gasteiger partial charge >= 0.3 is 0 Å². The highest BCUT2D eigenvalue weighted by Gasteiger charge is 2.35. The van der Waals surface area contributed by atoms with E-state index in [1.807, 2.05) is 30.3 Å². The maximum atomic E-state index is 13.8. The molecular weight excluding hydrogens is 521 g/mol. The van der Waals surface area contributed by atoms with E-state index in [4.69, 9.17) is 11.6 Å². The van der Waals surface area contributed by atoms with Gasteiger partial charge in [0, 0.05) is 24.0 Å². The van der Waals surface area contributed by atoms with Crippen molar-refractivity contribution in [3.8, 4) is 0 Å². The number of piperidine rings is 1. The van der Waals surface area contributed by atoms with Gasteiger partial charge in [-0.05, 0) is 60.9 Å². The summed E-state index contributed by atoms with van der Waals surface area (Å²) >= 11 is 7.17. The van der Waals surface area contributed by atoms with Crippen LogP contribution < -0.4 is 4.90 Å². The summed E-state index contributed by atoms with van der Waals surface area (Å²) in [7, 11) is -3.67. The van der Waals surface area contributed by atoms with Gasteiger partial charge in [-0.1, -0.05) is 53.3 Å². The first kappa shape index (κ1) is 24.8. The normalized spacial score (nSPS) is 15.3. The molecule has 0 saturated carbocycles. The van der Waals surface area contributed by atoms with Crippen molar-refractivity contribution in [3.05, 3.63) is 89.2 Å². The molecule has 1 fully saturated rings. The molecule has 1 aromatic heterocycles. The molecule has 10 heteroatoms. The van der Waals surface area contributed by atoms with Gasteiger partial charge in [-0.3, -0.25) is 9.69 Å². The topological polar surface area (TPSA) is 70.6 Å². The summed E-state index contributed by atoms with van der Waals surface area (Å²) in [6, 6.07) is 20.1. The van der Waals surface area contributed by atoms with Crippen LogP contribution in [0.4, 0.5) is 9.52 Å². The molecule has 0 spiro atoms. The monoisotopic (exact) mass is 543 g/mol. The van der Waals surface area contributed by atoms with Gasteiger partial charge in [0.1, 0.15) is 5.82 Å². The number of halogens is 2. The van der Waals surface area contributed by atoms with Crippen molar-refractivity contribution in [1.29, 1.82) is 0 Å². The molecule has 5 rings (SSSR count). The van der Waals surface area contributed by atoms with E-state index in [-0.39, 0.29) is 35.6 Å². The Morgan fingerprint density at radius 3 is 2.44 bits per heavy atom. The number of hydrogen-bond acceptors (Lipinski definition) is 5. The summed E-state index contributed by atoms with van der Waals surface area (Å²) in [5, 5.41) is 0.968. The van der Waals surface area contributed by atoms with Crippen LogP contribution in [0.5, 0.6) is 0 Å². The fourth-order valence-corrected chi connectivity index (χ4v) is 6.92. The molecule has 1 aliphatic rings. The summed E-state index contributed by atoms with van der Waals surface area (Å²) in [5.74, 6) is -0.816. The molecule has 0 bridgehead atoms. The maximum absolute atomic E-state index is 13.8. The lowest BCUT2D eigenvalue weighted by molar-refractivity contribution is -0.123. The van der Waals surface area contributed by atoms with Gasteiger partial charge in [0.25, 0.3) is 0 Å². The summed E-state index contributed by atoms with van der Waals surface area (Å²) in [6.45, 7) is 0.808. The number of aromatic nitrogens is 1. The second-order valence-electron chi connectivity index (χ2n) is 8.65. The largest absolute Gasteiger partial charge is 0.283 e. The Hall–Kier alpha value is -2.85. The zero-order valence-corrected chi connectivity index (χ0v) is 21.6. The van der Waals surface area contributed by atoms with E-state index in [1.165, 1.54) is 39.9 Å². The van der Waals surface area contributed by atoms with Crippen LogP contribution in [0.1, 0.15) is 18.4 Å². The summed E-state index contributed by atoms with van der Waals surface area (Å²) in [4.78, 5) is 20.2. The Bertz CT molecular complexity index is 1490. The Labute approximate surface area is 218 Å². The van der Waals surface area contributed by atoms with Crippen molar-refractivity contribution in [2.24, 2.45) is 5.92 Å². The minimum Gasteiger partial charge on any atom is -0.283 e. The van der Waals surface area contributed by atoms with Crippen molar-refractivity contribution < 1.29 is 17.6 Å². The molecule has 0 unspecified atom stereocenters. The molecule has 0 aliphatic carbocycles. The number of carbonyl (C=O) groups excluding carboxylic acids is 1. The van der Waals surface area contributed by atoms with E-state index < -0.39 is 10.0 Å². The standard InChI is InChI=1S/C26H23ClFN3O3S2/c27-20-6-9-22(10-7-20)36(33,34)30-14-12-19(13-15-30)25(32)31(17-18-4-2-1-3-5-18)26-29-23-11-8-21(28)16-24(23)35-26/h1-11,16,19H,12-15,17H2. The van der Waals surface area contributed by atoms with E-state index in [9.17, 15) is 17.6 Å². The molecule has 4 aromatic rings. The van der Waals surface area contributed by atoms with E-state index in [0.717, 1.165) is 5.56 Å². The van der Waals surface area contributed by atoms with Crippen LogP contribution in [0.15, 0.2) is 77.7 Å². The fourth-order valence-electron chi connectivity index (χ4n) is 4.33. The van der Waals surface area contributed by atoms with Crippen LogP contribution in [-0.2, 0) is 21.4 Å². The first-order valence-corrected chi connectivity index (χ1v) is 14.1. The number of fused-ring (bicyclic) bond motifs is 1. The minimum absolute atomic E-state index is 0.109. The Kier molecular flexibility index (Phi) is 7.07. The summed E-state index contributed by atoms with van der Waals surface area (Å²) in [6.07, 6.45) is 0.799. The number of nitrogens with zero attached hydrogens (tertiary/aromatic N) is 3. The number of carbonyl (C=O) groups is 1. The minimum atomic E-state index is -3.67. The van der Waals surface area contributed by atoms with E-state index in [1.54, 1.807) is 23.1 Å². The second-order valence-corrected chi connectivity index (χ2v) is 12.0. The van der Waals surface area contributed by atoms with Gasteiger partial charge in [0.05, 0.1) is 21.7 Å². The van der Waals surface area contributed by atoms with Crippen LogP contribution in [0.2, 0.25) is 5.02 Å². The van der Waals surface area contributed by atoms with Gasteiger partial charge in [-0.25, -0.2) is 17.8 Å². The second kappa shape index (κ2) is 10.3. The highest BCUT2D eigenvalue weighted by Crippen LogP contribution is 2.33. The van der Waals surface area contributed by atoms with Crippen molar-refractivity contribution >= 4 is 54.2 Å². The number of anilines is 1. The zero-order valence-electron chi connectivity index (χ0n) is 19.2. The fraction of sp³-hybridized carbons (Fsp3) is 0.231. The maximum Gasteiger partial charge on any atom is 0.243 e. The third kappa shape index (κ3) is 5.15. The molecule has 0 atom stereocenters. The van der Waals surface area contributed by atoms with E-state index >= 15 is 0 Å². The zero-order chi connectivity index (χ0) is 25.3.